The first-order chi connectivity index (χ1) is 17.6. The molecule has 0 saturated carbocycles. The number of sulfonamides is 1. The molecule has 0 fully saturated rings. The van der Waals surface area contributed by atoms with Gasteiger partial charge in [0, 0.05) is 18.7 Å². The summed E-state index contributed by atoms with van der Waals surface area (Å²) in [5.41, 5.74) is 1.06. The summed E-state index contributed by atoms with van der Waals surface area (Å²) < 4.78 is 43.2. The van der Waals surface area contributed by atoms with Gasteiger partial charge < -0.3 is 24.4 Å². The first kappa shape index (κ1) is 28.1. The number of carbonyl (C=O) groups excluding carboxylic acids is 2. The van der Waals surface area contributed by atoms with E-state index in [1.807, 2.05) is 32.9 Å². The van der Waals surface area contributed by atoms with Crippen LogP contribution in [0.4, 0.5) is 5.69 Å². The third kappa shape index (κ3) is 6.85. The molecule has 0 aliphatic carbocycles. The normalized spacial score (nSPS) is 13.2. The summed E-state index contributed by atoms with van der Waals surface area (Å²) in [6.07, 6.45) is 0.352. The van der Waals surface area contributed by atoms with Gasteiger partial charge in [-0.15, -0.1) is 0 Å². The highest BCUT2D eigenvalue weighted by Crippen LogP contribution is 2.36. The van der Waals surface area contributed by atoms with Gasteiger partial charge in [-0.2, -0.15) is 0 Å². The topological polar surface area (TPSA) is 114 Å². The number of methoxy groups -OCH3 is 1. The molecule has 202 valence electrons. The summed E-state index contributed by atoms with van der Waals surface area (Å²) in [4.78, 5) is 28.3. The second-order valence-electron chi connectivity index (χ2n) is 8.90. The standard InChI is InChI=1S/C26H35N3O7S/c1-6-22(26(31)27-18(3)4)28(15-19-8-11-21(34-5)12-9-19)25(30)16-29(37(32,33)7-2)20-10-13-23-24(14-20)36-17-35-23/h8-14,18,22H,6-7,15-17H2,1-5H3,(H,27,31)/t22-/m0/s1. The fourth-order valence-corrected chi connectivity index (χ4v) is 5.04. The lowest BCUT2D eigenvalue weighted by atomic mass is 10.1. The highest BCUT2D eigenvalue weighted by molar-refractivity contribution is 7.92. The number of anilines is 1. The Bertz CT molecular complexity index is 1200. The maximum atomic E-state index is 13.8. The van der Waals surface area contributed by atoms with E-state index >= 15 is 0 Å². The number of hydrogen-bond acceptors (Lipinski definition) is 7. The molecule has 0 bridgehead atoms. The van der Waals surface area contributed by atoms with Gasteiger partial charge in [-0.05, 0) is 57.0 Å². The molecule has 1 N–H and O–H groups in total. The number of carbonyl (C=O) groups is 2. The van der Waals surface area contributed by atoms with E-state index in [0.29, 0.717) is 23.7 Å². The maximum Gasteiger partial charge on any atom is 0.244 e. The Hall–Kier alpha value is -3.47. The minimum Gasteiger partial charge on any atom is -0.497 e. The first-order valence-corrected chi connectivity index (χ1v) is 13.8. The highest BCUT2D eigenvalue weighted by Gasteiger charge is 2.33. The van der Waals surface area contributed by atoms with Crippen LogP contribution >= 0.6 is 0 Å². The van der Waals surface area contributed by atoms with Gasteiger partial charge in [0.25, 0.3) is 0 Å². The fraction of sp³-hybridized carbons (Fsp3) is 0.462. The van der Waals surface area contributed by atoms with Crippen LogP contribution in [0.3, 0.4) is 0 Å². The van der Waals surface area contributed by atoms with Gasteiger partial charge in [-0.1, -0.05) is 19.1 Å². The molecule has 2 aromatic carbocycles. The molecule has 2 amide bonds. The van der Waals surface area contributed by atoms with Crippen LogP contribution in [0.2, 0.25) is 0 Å². The summed E-state index contributed by atoms with van der Waals surface area (Å²) >= 11 is 0. The summed E-state index contributed by atoms with van der Waals surface area (Å²) in [6, 6.07) is 11.0. The zero-order chi connectivity index (χ0) is 27.2. The second-order valence-corrected chi connectivity index (χ2v) is 11.1. The number of hydrogen-bond donors (Lipinski definition) is 1. The largest absolute Gasteiger partial charge is 0.497 e. The van der Waals surface area contributed by atoms with Crippen LogP contribution in [0.1, 0.15) is 39.7 Å². The molecule has 2 aromatic rings. The Morgan fingerprint density at radius 3 is 2.32 bits per heavy atom. The zero-order valence-corrected chi connectivity index (χ0v) is 22.7. The molecule has 0 radical (unpaired) electrons. The van der Waals surface area contributed by atoms with E-state index in [1.165, 1.54) is 11.8 Å². The van der Waals surface area contributed by atoms with Crippen molar-refractivity contribution < 1.29 is 32.2 Å². The molecular formula is C26H35N3O7S. The van der Waals surface area contributed by atoms with Crippen LogP contribution in [-0.4, -0.2) is 63.4 Å². The Balaban J connectivity index is 1.97. The summed E-state index contributed by atoms with van der Waals surface area (Å²) in [5, 5.41) is 2.87. The average molecular weight is 534 g/mol. The van der Waals surface area contributed by atoms with Crippen molar-refractivity contribution in [3.63, 3.8) is 0 Å². The van der Waals surface area contributed by atoms with Crippen molar-refractivity contribution in [1.29, 1.82) is 0 Å². The Morgan fingerprint density at radius 1 is 1.05 bits per heavy atom. The molecule has 0 spiro atoms. The lowest BCUT2D eigenvalue weighted by Gasteiger charge is -2.33. The Labute approximate surface area is 218 Å². The number of nitrogens with zero attached hydrogens (tertiary/aromatic N) is 2. The van der Waals surface area contributed by atoms with E-state index in [4.69, 9.17) is 14.2 Å². The van der Waals surface area contributed by atoms with Crippen molar-refractivity contribution in [3.8, 4) is 17.2 Å². The molecule has 10 nitrogen and oxygen atoms in total. The van der Waals surface area contributed by atoms with E-state index in [1.54, 1.807) is 37.4 Å². The number of nitrogens with one attached hydrogen (secondary N) is 1. The molecule has 1 atom stereocenters. The van der Waals surface area contributed by atoms with Crippen molar-refractivity contribution in [2.75, 3.05) is 30.5 Å². The van der Waals surface area contributed by atoms with E-state index in [9.17, 15) is 18.0 Å². The van der Waals surface area contributed by atoms with Gasteiger partial charge in [0.2, 0.25) is 28.6 Å². The maximum absolute atomic E-state index is 13.8. The van der Waals surface area contributed by atoms with Crippen LogP contribution < -0.4 is 23.8 Å². The lowest BCUT2D eigenvalue weighted by Crippen LogP contribution is -2.53. The quantitative estimate of drug-likeness (QED) is 0.446. The van der Waals surface area contributed by atoms with Crippen LogP contribution in [-0.2, 0) is 26.2 Å². The third-order valence-corrected chi connectivity index (χ3v) is 7.69. The minimum absolute atomic E-state index is 0.0387. The number of ether oxygens (including phenoxy) is 3. The van der Waals surface area contributed by atoms with Gasteiger partial charge in [-0.3, -0.25) is 13.9 Å². The van der Waals surface area contributed by atoms with Crippen LogP contribution in [0.25, 0.3) is 0 Å². The van der Waals surface area contributed by atoms with Crippen molar-refractivity contribution >= 4 is 27.5 Å². The number of benzene rings is 2. The van der Waals surface area contributed by atoms with E-state index in [0.717, 1.165) is 9.87 Å². The van der Waals surface area contributed by atoms with Crippen LogP contribution in [0.15, 0.2) is 42.5 Å². The molecule has 3 rings (SSSR count). The van der Waals surface area contributed by atoms with E-state index < -0.39 is 28.5 Å². The smallest absolute Gasteiger partial charge is 0.244 e. The summed E-state index contributed by atoms with van der Waals surface area (Å²) in [6.45, 7) is 6.70. The van der Waals surface area contributed by atoms with Gasteiger partial charge in [0.1, 0.15) is 18.3 Å². The predicted molar refractivity (Wildman–Crippen MR) is 140 cm³/mol. The minimum atomic E-state index is -3.84. The van der Waals surface area contributed by atoms with E-state index in [-0.39, 0.29) is 36.7 Å². The second kappa shape index (κ2) is 12.2. The van der Waals surface area contributed by atoms with Gasteiger partial charge in [0.15, 0.2) is 11.5 Å². The van der Waals surface area contributed by atoms with Gasteiger partial charge in [-0.25, -0.2) is 8.42 Å². The number of fused-ring (bicyclic) bond motifs is 1. The molecule has 1 aliphatic heterocycles. The van der Waals surface area contributed by atoms with E-state index in [2.05, 4.69) is 5.32 Å². The molecule has 0 unspecified atom stereocenters. The average Bonchev–Trinajstić information content (AvgIpc) is 3.34. The Morgan fingerprint density at radius 2 is 1.73 bits per heavy atom. The fourth-order valence-electron chi connectivity index (χ4n) is 3.99. The van der Waals surface area contributed by atoms with Crippen LogP contribution in [0.5, 0.6) is 17.2 Å². The molecule has 1 heterocycles. The number of amides is 2. The third-order valence-electron chi connectivity index (χ3n) is 5.95. The molecule has 1 aliphatic rings. The van der Waals surface area contributed by atoms with Crippen molar-refractivity contribution in [3.05, 3.63) is 48.0 Å². The highest BCUT2D eigenvalue weighted by atomic mass is 32.2. The lowest BCUT2D eigenvalue weighted by molar-refractivity contribution is -0.140. The summed E-state index contributed by atoms with van der Waals surface area (Å²) in [7, 11) is -2.28. The van der Waals surface area contributed by atoms with Gasteiger partial charge in [0.05, 0.1) is 18.6 Å². The molecule has 37 heavy (non-hydrogen) atoms. The monoisotopic (exact) mass is 533 g/mol. The molecular weight excluding hydrogens is 498 g/mol. The van der Waals surface area contributed by atoms with Gasteiger partial charge >= 0.3 is 0 Å². The van der Waals surface area contributed by atoms with Crippen LogP contribution in [0, 0.1) is 0 Å². The van der Waals surface area contributed by atoms with Crippen molar-refractivity contribution in [1.82, 2.24) is 10.2 Å². The molecule has 0 aromatic heterocycles. The van der Waals surface area contributed by atoms with Crippen molar-refractivity contribution in [2.24, 2.45) is 0 Å². The molecule has 0 saturated heterocycles. The zero-order valence-electron chi connectivity index (χ0n) is 21.9. The first-order valence-electron chi connectivity index (χ1n) is 12.2. The molecule has 11 heteroatoms. The summed E-state index contributed by atoms with van der Waals surface area (Å²) in [5.74, 6) is 0.552. The SMILES string of the molecule is CC[C@@H](C(=O)NC(C)C)N(Cc1ccc(OC)cc1)C(=O)CN(c1ccc2c(c1)OCO2)S(=O)(=O)CC. The Kier molecular flexibility index (Phi) is 9.25. The number of rotatable bonds is 12. The predicted octanol–water partition coefficient (Wildman–Crippen LogP) is 2.91. The van der Waals surface area contributed by atoms with Crippen molar-refractivity contribution in [2.45, 2.75) is 52.7 Å².